The minimum absolute atomic E-state index is 0.00208. The van der Waals surface area contributed by atoms with Crippen LogP contribution in [-0.2, 0) is 17.2 Å². The van der Waals surface area contributed by atoms with Crippen LogP contribution in [0.2, 0.25) is 0 Å². The lowest BCUT2D eigenvalue weighted by Crippen LogP contribution is -2.31. The predicted octanol–water partition coefficient (Wildman–Crippen LogP) is 2.40. The third kappa shape index (κ3) is 2.05. The van der Waals surface area contributed by atoms with Gasteiger partial charge < -0.3 is 14.4 Å². The highest BCUT2D eigenvalue weighted by Crippen LogP contribution is 2.26. The number of aromatic nitrogens is 2. The van der Waals surface area contributed by atoms with Crippen molar-refractivity contribution in [3.8, 4) is 0 Å². The summed E-state index contributed by atoms with van der Waals surface area (Å²) in [5, 5.41) is 9.00. The summed E-state index contributed by atoms with van der Waals surface area (Å²) in [4.78, 5) is 15.3. The van der Waals surface area contributed by atoms with Crippen molar-refractivity contribution in [2.24, 2.45) is 0 Å². The zero-order valence-corrected chi connectivity index (χ0v) is 11.2. The first-order chi connectivity index (χ1) is 9.61. The van der Waals surface area contributed by atoms with Gasteiger partial charge in [-0.15, -0.1) is 11.6 Å². The molecular formula is C13H12ClFN2O3. The van der Waals surface area contributed by atoms with Crippen molar-refractivity contribution in [2.45, 2.75) is 24.9 Å². The Labute approximate surface area is 118 Å². The molecule has 1 aromatic carbocycles. The third-order valence-electron chi connectivity index (χ3n) is 3.46. The number of carbonyl (C=O) groups is 1. The number of fused-ring (bicyclic) bond motifs is 1. The third-order valence-corrected chi connectivity index (χ3v) is 3.69. The Hall–Kier alpha value is -1.66. The largest absolute Gasteiger partial charge is 0.478 e. The molecule has 1 aliphatic heterocycles. The highest BCUT2D eigenvalue weighted by molar-refractivity contribution is 6.16. The van der Waals surface area contributed by atoms with Crippen LogP contribution < -0.4 is 0 Å². The molecule has 2 heterocycles. The SMILES string of the molecule is O=C(O)c1ccc2nc(CCl)n(C[C@@H]3CCO3)c2c1F. The van der Waals surface area contributed by atoms with Gasteiger partial charge in [0.25, 0.3) is 0 Å². The van der Waals surface area contributed by atoms with Crippen LogP contribution in [0.4, 0.5) is 4.39 Å². The number of hydrogen-bond acceptors (Lipinski definition) is 3. The minimum Gasteiger partial charge on any atom is -0.478 e. The molecule has 1 aromatic heterocycles. The molecule has 2 aromatic rings. The Bertz CT molecular complexity index is 682. The monoisotopic (exact) mass is 298 g/mol. The van der Waals surface area contributed by atoms with Crippen LogP contribution in [0.1, 0.15) is 22.6 Å². The summed E-state index contributed by atoms with van der Waals surface area (Å²) in [6.07, 6.45) is 0.893. The normalized spacial score (nSPS) is 18.2. The van der Waals surface area contributed by atoms with Crippen LogP contribution >= 0.6 is 11.6 Å². The van der Waals surface area contributed by atoms with Gasteiger partial charge in [0.2, 0.25) is 0 Å². The number of halogens is 2. The molecule has 5 nitrogen and oxygen atoms in total. The fourth-order valence-corrected chi connectivity index (χ4v) is 2.53. The van der Waals surface area contributed by atoms with Crippen molar-refractivity contribution >= 4 is 28.6 Å². The average molecular weight is 299 g/mol. The number of carboxylic acid groups (broad SMARTS) is 1. The van der Waals surface area contributed by atoms with Crippen LogP contribution in [0.5, 0.6) is 0 Å². The second-order valence-corrected chi connectivity index (χ2v) is 4.92. The van der Waals surface area contributed by atoms with Crippen LogP contribution in [-0.4, -0.2) is 33.3 Å². The summed E-state index contributed by atoms with van der Waals surface area (Å²) in [6.45, 7) is 1.12. The van der Waals surface area contributed by atoms with E-state index in [1.54, 1.807) is 4.57 Å². The van der Waals surface area contributed by atoms with Gasteiger partial charge in [-0.3, -0.25) is 0 Å². The van der Waals surface area contributed by atoms with Gasteiger partial charge in [-0.1, -0.05) is 0 Å². The molecular weight excluding hydrogens is 287 g/mol. The van der Waals surface area contributed by atoms with Crippen molar-refractivity contribution < 1.29 is 19.0 Å². The highest BCUT2D eigenvalue weighted by atomic mass is 35.5. The minimum atomic E-state index is -1.30. The Balaban J connectivity index is 2.17. The molecule has 0 unspecified atom stereocenters. The smallest absolute Gasteiger partial charge is 0.338 e. The molecule has 0 saturated carbocycles. The molecule has 3 rings (SSSR count). The van der Waals surface area contributed by atoms with E-state index in [2.05, 4.69) is 4.98 Å². The van der Waals surface area contributed by atoms with Crippen molar-refractivity contribution in [3.05, 3.63) is 29.3 Å². The molecule has 0 aliphatic carbocycles. The van der Waals surface area contributed by atoms with E-state index in [1.807, 2.05) is 0 Å². The fourth-order valence-electron chi connectivity index (χ4n) is 2.33. The highest BCUT2D eigenvalue weighted by Gasteiger charge is 2.24. The van der Waals surface area contributed by atoms with Gasteiger partial charge in [-0.05, 0) is 18.6 Å². The molecule has 1 saturated heterocycles. The number of rotatable bonds is 4. The van der Waals surface area contributed by atoms with E-state index >= 15 is 0 Å². The number of nitrogens with zero attached hydrogens (tertiary/aromatic N) is 2. The van der Waals surface area contributed by atoms with E-state index in [-0.39, 0.29) is 23.1 Å². The molecule has 0 bridgehead atoms. The number of alkyl halides is 1. The maximum atomic E-state index is 14.4. The van der Waals surface area contributed by atoms with E-state index in [4.69, 9.17) is 21.4 Å². The van der Waals surface area contributed by atoms with Crippen LogP contribution in [0, 0.1) is 5.82 Å². The number of carboxylic acids is 1. The summed E-state index contributed by atoms with van der Waals surface area (Å²) in [6, 6.07) is 2.71. The molecule has 7 heteroatoms. The number of ether oxygens (including phenoxy) is 1. The maximum Gasteiger partial charge on any atom is 0.338 e. The average Bonchev–Trinajstić information content (AvgIpc) is 2.72. The molecule has 106 valence electrons. The van der Waals surface area contributed by atoms with Gasteiger partial charge in [-0.25, -0.2) is 14.2 Å². The van der Waals surface area contributed by atoms with E-state index < -0.39 is 11.8 Å². The van der Waals surface area contributed by atoms with Crippen molar-refractivity contribution in [1.82, 2.24) is 9.55 Å². The van der Waals surface area contributed by atoms with E-state index in [0.29, 0.717) is 24.5 Å². The zero-order chi connectivity index (χ0) is 14.3. The quantitative estimate of drug-likeness (QED) is 0.880. The van der Waals surface area contributed by atoms with Crippen LogP contribution in [0.15, 0.2) is 12.1 Å². The number of imidazole rings is 1. The Morgan fingerprint density at radius 1 is 1.60 bits per heavy atom. The van der Waals surface area contributed by atoms with Gasteiger partial charge in [0, 0.05) is 6.61 Å². The standard InChI is InChI=1S/C13H12ClFN2O3/c14-5-10-16-9-2-1-8(13(18)19)11(15)12(9)17(10)6-7-3-4-20-7/h1-2,7H,3-6H2,(H,18,19)/t7-/m0/s1. The molecule has 1 aliphatic rings. The summed E-state index contributed by atoms with van der Waals surface area (Å²) in [5.41, 5.74) is 0.216. The van der Waals surface area contributed by atoms with Gasteiger partial charge in [-0.2, -0.15) is 0 Å². The predicted molar refractivity (Wildman–Crippen MR) is 70.6 cm³/mol. The molecule has 0 radical (unpaired) electrons. The maximum absolute atomic E-state index is 14.4. The van der Waals surface area contributed by atoms with Crippen molar-refractivity contribution in [2.75, 3.05) is 6.61 Å². The molecule has 1 N–H and O–H groups in total. The Kier molecular flexibility index (Phi) is 3.35. The molecule has 20 heavy (non-hydrogen) atoms. The first kappa shape index (κ1) is 13.3. The summed E-state index contributed by atoms with van der Waals surface area (Å²) < 4.78 is 21.3. The molecule has 1 fully saturated rings. The second kappa shape index (κ2) is 5.03. The zero-order valence-electron chi connectivity index (χ0n) is 10.5. The lowest BCUT2D eigenvalue weighted by molar-refractivity contribution is -0.0589. The van der Waals surface area contributed by atoms with Crippen LogP contribution in [0.25, 0.3) is 11.0 Å². The molecule has 0 amide bonds. The van der Waals surface area contributed by atoms with Crippen molar-refractivity contribution in [3.63, 3.8) is 0 Å². The molecule has 0 spiro atoms. The number of hydrogen-bond donors (Lipinski definition) is 1. The van der Waals surface area contributed by atoms with E-state index in [1.165, 1.54) is 12.1 Å². The van der Waals surface area contributed by atoms with E-state index in [0.717, 1.165) is 6.42 Å². The van der Waals surface area contributed by atoms with Crippen molar-refractivity contribution in [1.29, 1.82) is 0 Å². The second-order valence-electron chi connectivity index (χ2n) is 4.65. The first-order valence-corrected chi connectivity index (χ1v) is 6.73. The topological polar surface area (TPSA) is 64.3 Å². The number of aromatic carboxylic acids is 1. The van der Waals surface area contributed by atoms with Gasteiger partial charge in [0.1, 0.15) is 11.3 Å². The summed E-state index contributed by atoms with van der Waals surface area (Å²) in [7, 11) is 0. The van der Waals surface area contributed by atoms with Gasteiger partial charge >= 0.3 is 5.97 Å². The van der Waals surface area contributed by atoms with Gasteiger partial charge in [0.05, 0.1) is 29.6 Å². The Morgan fingerprint density at radius 3 is 2.90 bits per heavy atom. The number of benzene rings is 1. The lowest BCUT2D eigenvalue weighted by atomic mass is 10.1. The Morgan fingerprint density at radius 2 is 2.35 bits per heavy atom. The summed E-state index contributed by atoms with van der Waals surface area (Å²) >= 11 is 5.84. The summed E-state index contributed by atoms with van der Waals surface area (Å²) in [5.74, 6) is -1.44. The lowest BCUT2D eigenvalue weighted by Gasteiger charge is -2.27. The van der Waals surface area contributed by atoms with Crippen LogP contribution in [0.3, 0.4) is 0 Å². The fraction of sp³-hybridized carbons (Fsp3) is 0.385. The van der Waals surface area contributed by atoms with E-state index in [9.17, 15) is 9.18 Å². The van der Waals surface area contributed by atoms with Gasteiger partial charge in [0.15, 0.2) is 5.82 Å². The first-order valence-electron chi connectivity index (χ1n) is 6.20. The molecule has 1 atom stereocenters.